The molecule has 0 aromatic heterocycles. The van der Waals surface area contributed by atoms with Crippen molar-refractivity contribution in [2.24, 2.45) is 0 Å². The molecule has 5 heteroatoms. The SMILES string of the molecule is COC(=O)C(C)(CN1CC2CCCN2CC1C)NC(C)C. The summed E-state index contributed by atoms with van der Waals surface area (Å²) in [7, 11) is 1.47. The molecule has 2 rings (SSSR count). The highest BCUT2D eigenvalue weighted by Crippen LogP contribution is 2.26. The van der Waals surface area contributed by atoms with Crippen LogP contribution in [0.1, 0.15) is 40.5 Å². The normalized spacial score (nSPS) is 30.2. The number of carbonyl (C=O) groups excluding carboxylic acids is 1. The minimum absolute atomic E-state index is 0.169. The Kier molecular flexibility index (Phi) is 5.28. The Bertz CT molecular complexity index is 375. The first-order valence-electron chi connectivity index (χ1n) is 8.20. The van der Waals surface area contributed by atoms with E-state index in [2.05, 4.69) is 35.9 Å². The first-order chi connectivity index (χ1) is 9.85. The lowest BCUT2D eigenvalue weighted by molar-refractivity contribution is -0.149. The Hall–Kier alpha value is -0.650. The van der Waals surface area contributed by atoms with Crippen LogP contribution in [-0.4, -0.2) is 72.7 Å². The Morgan fingerprint density at radius 2 is 2.14 bits per heavy atom. The fraction of sp³-hybridized carbons (Fsp3) is 0.938. The average Bonchev–Trinajstić information content (AvgIpc) is 2.84. The molecule has 21 heavy (non-hydrogen) atoms. The zero-order valence-electron chi connectivity index (χ0n) is 14.2. The quantitative estimate of drug-likeness (QED) is 0.770. The first-order valence-corrected chi connectivity index (χ1v) is 8.20. The Labute approximate surface area is 129 Å². The number of esters is 1. The van der Waals surface area contributed by atoms with Crippen LogP contribution >= 0.6 is 0 Å². The van der Waals surface area contributed by atoms with Crippen LogP contribution in [0.5, 0.6) is 0 Å². The lowest BCUT2D eigenvalue weighted by atomic mass is 9.97. The molecule has 0 aliphatic carbocycles. The van der Waals surface area contributed by atoms with Gasteiger partial charge in [-0.2, -0.15) is 0 Å². The van der Waals surface area contributed by atoms with Crippen molar-refractivity contribution in [2.45, 2.75) is 64.2 Å². The van der Waals surface area contributed by atoms with Crippen LogP contribution in [0.4, 0.5) is 0 Å². The van der Waals surface area contributed by atoms with E-state index in [1.54, 1.807) is 0 Å². The maximum Gasteiger partial charge on any atom is 0.327 e. The fourth-order valence-electron chi connectivity index (χ4n) is 3.91. The van der Waals surface area contributed by atoms with Crippen LogP contribution in [0, 0.1) is 0 Å². The molecule has 122 valence electrons. The summed E-state index contributed by atoms with van der Waals surface area (Å²) >= 11 is 0. The van der Waals surface area contributed by atoms with Crippen molar-refractivity contribution in [3.8, 4) is 0 Å². The van der Waals surface area contributed by atoms with E-state index in [4.69, 9.17) is 4.74 Å². The number of hydrogen-bond donors (Lipinski definition) is 1. The standard InChI is InChI=1S/C16H31N3O2/c1-12(2)17-16(4,15(20)21-5)11-19-10-14-7-6-8-18(14)9-13(19)3/h12-14,17H,6-11H2,1-5H3. The molecule has 0 aromatic rings. The molecule has 2 saturated heterocycles. The molecule has 1 N–H and O–H groups in total. The third kappa shape index (κ3) is 3.76. The molecule has 0 bridgehead atoms. The summed E-state index contributed by atoms with van der Waals surface area (Å²) in [4.78, 5) is 17.3. The largest absolute Gasteiger partial charge is 0.468 e. The Morgan fingerprint density at radius 1 is 1.43 bits per heavy atom. The van der Waals surface area contributed by atoms with Crippen LogP contribution in [-0.2, 0) is 9.53 Å². The third-order valence-corrected chi connectivity index (χ3v) is 4.83. The molecule has 2 fully saturated rings. The molecule has 3 unspecified atom stereocenters. The minimum atomic E-state index is -0.641. The zero-order valence-corrected chi connectivity index (χ0v) is 14.2. The van der Waals surface area contributed by atoms with Gasteiger partial charge in [-0.3, -0.25) is 19.9 Å². The number of rotatable bonds is 5. The van der Waals surface area contributed by atoms with E-state index in [9.17, 15) is 4.79 Å². The highest BCUT2D eigenvalue weighted by atomic mass is 16.5. The molecule has 2 aliphatic rings. The fourth-order valence-corrected chi connectivity index (χ4v) is 3.91. The Morgan fingerprint density at radius 3 is 2.76 bits per heavy atom. The number of carbonyl (C=O) groups is 1. The second-order valence-electron chi connectivity index (χ2n) is 7.19. The van der Waals surface area contributed by atoms with Gasteiger partial charge < -0.3 is 4.74 Å². The maximum atomic E-state index is 12.3. The summed E-state index contributed by atoms with van der Waals surface area (Å²) in [6.07, 6.45) is 2.60. The van der Waals surface area contributed by atoms with E-state index in [1.807, 2.05) is 6.92 Å². The monoisotopic (exact) mass is 297 g/mol. The van der Waals surface area contributed by atoms with Gasteiger partial charge in [0.2, 0.25) is 0 Å². The number of hydrogen-bond acceptors (Lipinski definition) is 5. The van der Waals surface area contributed by atoms with E-state index in [-0.39, 0.29) is 12.0 Å². The second-order valence-corrected chi connectivity index (χ2v) is 7.19. The van der Waals surface area contributed by atoms with E-state index >= 15 is 0 Å². The van der Waals surface area contributed by atoms with Crippen molar-refractivity contribution in [3.63, 3.8) is 0 Å². The smallest absolute Gasteiger partial charge is 0.327 e. The highest BCUT2D eigenvalue weighted by molar-refractivity contribution is 5.80. The van der Waals surface area contributed by atoms with E-state index < -0.39 is 5.54 Å². The minimum Gasteiger partial charge on any atom is -0.468 e. The lowest BCUT2D eigenvalue weighted by Gasteiger charge is -2.45. The summed E-state index contributed by atoms with van der Waals surface area (Å²) in [6, 6.07) is 1.40. The van der Waals surface area contributed by atoms with E-state index in [1.165, 1.54) is 26.5 Å². The lowest BCUT2D eigenvalue weighted by Crippen LogP contribution is -2.64. The van der Waals surface area contributed by atoms with Gasteiger partial charge in [0.25, 0.3) is 0 Å². The van der Waals surface area contributed by atoms with Crippen molar-refractivity contribution in [3.05, 3.63) is 0 Å². The van der Waals surface area contributed by atoms with Crippen LogP contribution in [0.15, 0.2) is 0 Å². The number of ether oxygens (including phenoxy) is 1. The predicted molar refractivity (Wildman–Crippen MR) is 84.3 cm³/mol. The molecule has 2 aliphatic heterocycles. The van der Waals surface area contributed by atoms with E-state index in [0.717, 1.165) is 13.1 Å². The van der Waals surface area contributed by atoms with Gasteiger partial charge in [-0.25, -0.2) is 0 Å². The third-order valence-electron chi connectivity index (χ3n) is 4.83. The molecule has 0 saturated carbocycles. The van der Waals surface area contributed by atoms with Gasteiger partial charge >= 0.3 is 5.97 Å². The summed E-state index contributed by atoms with van der Waals surface area (Å²) in [5, 5.41) is 3.40. The molecular formula is C16H31N3O2. The van der Waals surface area contributed by atoms with Crippen molar-refractivity contribution in [1.82, 2.24) is 15.1 Å². The molecule has 2 heterocycles. The number of methoxy groups -OCH3 is 1. The van der Waals surface area contributed by atoms with Crippen molar-refractivity contribution in [2.75, 3.05) is 33.3 Å². The average molecular weight is 297 g/mol. The van der Waals surface area contributed by atoms with Gasteiger partial charge in [0.1, 0.15) is 5.54 Å². The van der Waals surface area contributed by atoms with Gasteiger partial charge in [0, 0.05) is 37.8 Å². The Balaban J connectivity index is 2.06. The number of nitrogens with zero attached hydrogens (tertiary/aromatic N) is 2. The van der Waals surface area contributed by atoms with Gasteiger partial charge in [-0.05, 0) is 47.1 Å². The van der Waals surface area contributed by atoms with Gasteiger partial charge in [-0.15, -0.1) is 0 Å². The molecule has 5 nitrogen and oxygen atoms in total. The van der Waals surface area contributed by atoms with Crippen molar-refractivity contribution < 1.29 is 9.53 Å². The summed E-state index contributed by atoms with van der Waals surface area (Å²) in [6.45, 7) is 12.5. The number of fused-ring (bicyclic) bond motifs is 1. The molecule has 3 atom stereocenters. The molecule has 0 aromatic carbocycles. The summed E-state index contributed by atoms with van der Waals surface area (Å²) < 4.78 is 5.04. The summed E-state index contributed by atoms with van der Waals surface area (Å²) in [5.74, 6) is -0.169. The van der Waals surface area contributed by atoms with Crippen LogP contribution < -0.4 is 5.32 Å². The van der Waals surface area contributed by atoms with Gasteiger partial charge in [0.05, 0.1) is 7.11 Å². The van der Waals surface area contributed by atoms with Crippen LogP contribution in [0.3, 0.4) is 0 Å². The van der Waals surface area contributed by atoms with Crippen LogP contribution in [0.25, 0.3) is 0 Å². The maximum absolute atomic E-state index is 12.3. The molecule has 0 radical (unpaired) electrons. The van der Waals surface area contributed by atoms with Crippen LogP contribution in [0.2, 0.25) is 0 Å². The molecule has 0 amide bonds. The van der Waals surface area contributed by atoms with E-state index in [0.29, 0.717) is 18.6 Å². The first kappa shape index (κ1) is 16.7. The van der Waals surface area contributed by atoms with Crippen molar-refractivity contribution in [1.29, 1.82) is 0 Å². The zero-order chi connectivity index (χ0) is 15.6. The highest BCUT2D eigenvalue weighted by Gasteiger charge is 2.41. The van der Waals surface area contributed by atoms with Gasteiger partial charge in [-0.1, -0.05) is 0 Å². The second kappa shape index (κ2) is 6.63. The number of nitrogens with one attached hydrogen (secondary N) is 1. The van der Waals surface area contributed by atoms with Gasteiger partial charge in [0.15, 0.2) is 0 Å². The summed E-state index contributed by atoms with van der Waals surface area (Å²) in [5.41, 5.74) is -0.641. The molecule has 0 spiro atoms. The molecular weight excluding hydrogens is 266 g/mol. The van der Waals surface area contributed by atoms with Crippen molar-refractivity contribution >= 4 is 5.97 Å². The predicted octanol–water partition coefficient (Wildman–Crippen LogP) is 1.08. The topological polar surface area (TPSA) is 44.8 Å². The number of piperazine rings is 1.